The maximum Gasteiger partial charge on any atom is 0.324 e. The van der Waals surface area contributed by atoms with Crippen LogP contribution < -0.4 is 10.6 Å². The number of aryl methyl sites for hydroxylation is 1. The Morgan fingerprint density at radius 1 is 1.28 bits per heavy atom. The van der Waals surface area contributed by atoms with Crippen molar-refractivity contribution in [1.82, 2.24) is 10.2 Å². The van der Waals surface area contributed by atoms with Gasteiger partial charge in [-0.3, -0.25) is 5.32 Å². The number of hydrogen-bond donors (Lipinski definition) is 3. The van der Waals surface area contributed by atoms with Crippen LogP contribution in [0, 0.1) is 6.92 Å². The van der Waals surface area contributed by atoms with Crippen LogP contribution in [0.3, 0.4) is 0 Å². The molecule has 0 radical (unpaired) electrons. The Hall–Kier alpha value is -2.63. The molecule has 0 unspecified atom stereocenters. The van der Waals surface area contributed by atoms with Gasteiger partial charge in [0, 0.05) is 11.9 Å². The highest BCUT2D eigenvalue weighted by molar-refractivity contribution is 5.99. The zero-order valence-electron chi connectivity index (χ0n) is 9.71. The summed E-state index contributed by atoms with van der Waals surface area (Å²) in [6.45, 7) is 1.79. The number of amides is 2. The fourth-order valence-corrected chi connectivity index (χ4v) is 1.43. The number of carbonyl (C=O) groups is 1. The van der Waals surface area contributed by atoms with Gasteiger partial charge >= 0.3 is 6.03 Å². The minimum Gasteiger partial charge on any atom is -0.508 e. The standard InChI is InChI=1S/C12H12N4O2/c1-8-7-9(17)4-5-10(8)14-12(18)15-11-3-2-6-13-16-11/h2-7,17H,1H3,(H2,14,15,16,18). The summed E-state index contributed by atoms with van der Waals surface area (Å²) in [6.07, 6.45) is 1.52. The summed E-state index contributed by atoms with van der Waals surface area (Å²) in [7, 11) is 0. The number of benzene rings is 1. The van der Waals surface area contributed by atoms with Gasteiger partial charge in [-0.05, 0) is 42.8 Å². The Balaban J connectivity index is 2.03. The van der Waals surface area contributed by atoms with Crippen LogP contribution in [0.1, 0.15) is 5.56 Å². The summed E-state index contributed by atoms with van der Waals surface area (Å²) in [6, 6.07) is 7.60. The molecule has 0 aliphatic rings. The second kappa shape index (κ2) is 5.13. The first-order valence-electron chi connectivity index (χ1n) is 5.30. The SMILES string of the molecule is Cc1cc(O)ccc1NC(=O)Nc1cccnn1. The van der Waals surface area contributed by atoms with Crippen LogP contribution in [-0.2, 0) is 0 Å². The molecule has 0 saturated carbocycles. The molecule has 2 rings (SSSR count). The zero-order valence-corrected chi connectivity index (χ0v) is 9.71. The van der Waals surface area contributed by atoms with Gasteiger partial charge in [0.1, 0.15) is 5.75 Å². The van der Waals surface area contributed by atoms with E-state index in [9.17, 15) is 9.90 Å². The van der Waals surface area contributed by atoms with E-state index >= 15 is 0 Å². The zero-order chi connectivity index (χ0) is 13.0. The normalized spacial score (nSPS) is 9.83. The Kier molecular flexibility index (Phi) is 3.38. The first-order valence-corrected chi connectivity index (χ1v) is 5.30. The third-order valence-corrected chi connectivity index (χ3v) is 2.27. The largest absolute Gasteiger partial charge is 0.508 e. The molecular weight excluding hydrogens is 232 g/mol. The van der Waals surface area contributed by atoms with Gasteiger partial charge in [-0.25, -0.2) is 4.79 Å². The van der Waals surface area contributed by atoms with E-state index in [0.29, 0.717) is 11.5 Å². The summed E-state index contributed by atoms with van der Waals surface area (Å²) < 4.78 is 0. The Labute approximate surface area is 104 Å². The summed E-state index contributed by atoms with van der Waals surface area (Å²) in [5.74, 6) is 0.527. The van der Waals surface area contributed by atoms with Crippen molar-refractivity contribution in [3.05, 3.63) is 42.1 Å². The van der Waals surface area contributed by atoms with Crippen LogP contribution in [0.15, 0.2) is 36.5 Å². The highest BCUT2D eigenvalue weighted by atomic mass is 16.3. The van der Waals surface area contributed by atoms with Crippen molar-refractivity contribution < 1.29 is 9.90 Å². The molecule has 6 heteroatoms. The molecule has 0 aliphatic carbocycles. The van der Waals surface area contributed by atoms with Crippen LogP contribution in [-0.4, -0.2) is 21.3 Å². The minimum absolute atomic E-state index is 0.160. The van der Waals surface area contributed by atoms with E-state index in [4.69, 9.17) is 0 Å². The number of carbonyl (C=O) groups excluding carboxylic acids is 1. The van der Waals surface area contributed by atoms with E-state index in [1.807, 2.05) is 0 Å². The molecule has 0 bridgehead atoms. The fourth-order valence-electron chi connectivity index (χ4n) is 1.43. The molecule has 2 amide bonds. The van der Waals surface area contributed by atoms with Gasteiger partial charge < -0.3 is 10.4 Å². The summed E-state index contributed by atoms with van der Waals surface area (Å²) in [5.41, 5.74) is 1.39. The van der Waals surface area contributed by atoms with Crippen LogP contribution in [0.5, 0.6) is 5.75 Å². The van der Waals surface area contributed by atoms with Crippen LogP contribution in [0.2, 0.25) is 0 Å². The number of phenols is 1. The predicted molar refractivity (Wildman–Crippen MR) is 67.5 cm³/mol. The van der Waals surface area contributed by atoms with Crippen molar-refractivity contribution >= 4 is 17.5 Å². The van der Waals surface area contributed by atoms with Gasteiger partial charge in [0.05, 0.1) is 0 Å². The van der Waals surface area contributed by atoms with Gasteiger partial charge in [0.15, 0.2) is 5.82 Å². The molecule has 6 nitrogen and oxygen atoms in total. The van der Waals surface area contributed by atoms with Gasteiger partial charge in [-0.1, -0.05) is 0 Å². The van der Waals surface area contributed by atoms with E-state index < -0.39 is 6.03 Å². The molecule has 0 saturated heterocycles. The Morgan fingerprint density at radius 2 is 2.11 bits per heavy atom. The molecule has 2 aromatic rings. The number of hydrogen-bond acceptors (Lipinski definition) is 4. The van der Waals surface area contributed by atoms with Crippen molar-refractivity contribution in [3.63, 3.8) is 0 Å². The average Bonchev–Trinajstić information content (AvgIpc) is 2.34. The second-order valence-electron chi connectivity index (χ2n) is 3.69. The van der Waals surface area contributed by atoms with E-state index in [-0.39, 0.29) is 5.75 Å². The van der Waals surface area contributed by atoms with Crippen molar-refractivity contribution in [3.8, 4) is 5.75 Å². The number of nitrogens with one attached hydrogen (secondary N) is 2. The maximum atomic E-state index is 11.7. The first kappa shape index (κ1) is 11.8. The molecule has 18 heavy (non-hydrogen) atoms. The maximum absolute atomic E-state index is 11.7. The summed E-state index contributed by atoms with van der Waals surface area (Å²) in [4.78, 5) is 11.7. The summed E-state index contributed by atoms with van der Waals surface area (Å²) >= 11 is 0. The predicted octanol–water partition coefficient (Wildman–Crippen LogP) is 2.13. The molecule has 3 N–H and O–H groups in total. The van der Waals surface area contributed by atoms with Gasteiger partial charge in [-0.15, -0.1) is 5.10 Å². The van der Waals surface area contributed by atoms with Crippen molar-refractivity contribution in [1.29, 1.82) is 0 Å². The second-order valence-corrected chi connectivity index (χ2v) is 3.69. The smallest absolute Gasteiger partial charge is 0.324 e. The fraction of sp³-hybridized carbons (Fsp3) is 0.0833. The third kappa shape index (κ3) is 2.94. The van der Waals surface area contributed by atoms with Gasteiger partial charge in [-0.2, -0.15) is 5.10 Å². The lowest BCUT2D eigenvalue weighted by Crippen LogP contribution is -2.20. The number of aromatic nitrogens is 2. The molecule has 0 aliphatic heterocycles. The molecule has 1 heterocycles. The molecule has 1 aromatic heterocycles. The van der Waals surface area contributed by atoms with E-state index in [0.717, 1.165) is 5.56 Å². The monoisotopic (exact) mass is 244 g/mol. The van der Waals surface area contributed by atoms with Gasteiger partial charge in [0.2, 0.25) is 0 Å². The van der Waals surface area contributed by atoms with Crippen LogP contribution in [0.4, 0.5) is 16.3 Å². The summed E-state index contributed by atoms with van der Waals surface area (Å²) in [5, 5.41) is 21.8. The lowest BCUT2D eigenvalue weighted by molar-refractivity contribution is 0.262. The average molecular weight is 244 g/mol. The quantitative estimate of drug-likeness (QED) is 0.706. The number of phenolic OH excluding ortho intramolecular Hbond substituents is 1. The number of nitrogens with zero attached hydrogens (tertiary/aromatic N) is 2. The molecule has 0 spiro atoms. The number of aromatic hydroxyl groups is 1. The van der Waals surface area contributed by atoms with Crippen molar-refractivity contribution in [2.75, 3.05) is 10.6 Å². The minimum atomic E-state index is -0.413. The highest BCUT2D eigenvalue weighted by Gasteiger charge is 2.05. The Morgan fingerprint density at radius 3 is 2.78 bits per heavy atom. The van der Waals surface area contributed by atoms with Crippen molar-refractivity contribution in [2.24, 2.45) is 0 Å². The van der Waals surface area contributed by atoms with E-state index in [1.165, 1.54) is 12.3 Å². The molecule has 0 fully saturated rings. The number of rotatable bonds is 2. The lowest BCUT2D eigenvalue weighted by atomic mass is 10.2. The molecule has 0 atom stereocenters. The van der Waals surface area contributed by atoms with Crippen LogP contribution >= 0.6 is 0 Å². The first-order chi connectivity index (χ1) is 8.65. The highest BCUT2D eigenvalue weighted by Crippen LogP contribution is 2.20. The van der Waals surface area contributed by atoms with E-state index in [1.54, 1.807) is 31.2 Å². The lowest BCUT2D eigenvalue weighted by Gasteiger charge is -2.09. The molecule has 1 aromatic carbocycles. The number of urea groups is 1. The molecule has 92 valence electrons. The Bertz CT molecular complexity index is 557. The topological polar surface area (TPSA) is 87.1 Å². The van der Waals surface area contributed by atoms with Crippen molar-refractivity contribution in [2.45, 2.75) is 6.92 Å². The number of anilines is 2. The van der Waals surface area contributed by atoms with Gasteiger partial charge in [0.25, 0.3) is 0 Å². The van der Waals surface area contributed by atoms with E-state index in [2.05, 4.69) is 20.8 Å². The van der Waals surface area contributed by atoms with Crippen LogP contribution in [0.25, 0.3) is 0 Å². The molecular formula is C12H12N4O2. The third-order valence-electron chi connectivity index (χ3n) is 2.27.